The lowest BCUT2D eigenvalue weighted by Crippen LogP contribution is -1.88. The molecule has 0 aliphatic rings. The van der Waals surface area contributed by atoms with Crippen LogP contribution in [0, 0.1) is 13.8 Å². The summed E-state index contributed by atoms with van der Waals surface area (Å²) in [6.45, 7) is 4.27. The first-order valence-electron chi connectivity index (χ1n) is 9.45. The topological polar surface area (TPSA) is 0 Å². The van der Waals surface area contributed by atoms with Gasteiger partial charge in [-0.2, -0.15) is 10.9 Å². The maximum Gasteiger partial charge on any atom is 0.0123 e. The van der Waals surface area contributed by atoms with Crippen molar-refractivity contribution >= 4 is 22.7 Å². The van der Waals surface area contributed by atoms with Crippen LogP contribution in [0.2, 0.25) is 0 Å². The first-order chi connectivity index (χ1) is 13.7. The number of hydrogen-bond acceptors (Lipinski definition) is 1. The van der Waals surface area contributed by atoms with Crippen molar-refractivity contribution in [3.05, 3.63) is 114 Å². The SMILES string of the molecule is Cc1ccc(Sc2ccc([SH](c3ccccc3)c3ccc(C)cc3)cc2)cc1. The Hall–Kier alpha value is -2.42. The monoisotopic (exact) mass is 400 g/mol. The second kappa shape index (κ2) is 8.72. The number of hydrogen-bond donors (Lipinski definition) is 1. The van der Waals surface area contributed by atoms with Crippen LogP contribution >= 0.6 is 22.7 Å². The van der Waals surface area contributed by atoms with E-state index in [2.05, 4.69) is 117 Å². The second-order valence-electron chi connectivity index (χ2n) is 6.92. The molecule has 0 saturated heterocycles. The van der Waals surface area contributed by atoms with Crippen LogP contribution in [0.25, 0.3) is 0 Å². The van der Waals surface area contributed by atoms with Crippen molar-refractivity contribution in [3.63, 3.8) is 0 Å². The molecule has 0 aromatic heterocycles. The Kier molecular flexibility index (Phi) is 5.90. The van der Waals surface area contributed by atoms with Gasteiger partial charge in [0.15, 0.2) is 0 Å². The summed E-state index contributed by atoms with van der Waals surface area (Å²) < 4.78 is 0. The largest absolute Gasteiger partial charge is 0.173 e. The van der Waals surface area contributed by atoms with Gasteiger partial charge in [0.1, 0.15) is 0 Å². The summed E-state index contributed by atoms with van der Waals surface area (Å²) in [5, 5.41) is 0. The van der Waals surface area contributed by atoms with E-state index in [9.17, 15) is 0 Å². The van der Waals surface area contributed by atoms with Crippen LogP contribution in [0.1, 0.15) is 11.1 Å². The van der Waals surface area contributed by atoms with Gasteiger partial charge in [0.2, 0.25) is 0 Å². The number of aryl methyl sites for hydroxylation is 2. The molecule has 0 amide bonds. The second-order valence-corrected chi connectivity index (χ2v) is 10.3. The van der Waals surface area contributed by atoms with Crippen LogP contribution in [-0.4, -0.2) is 0 Å². The Morgan fingerprint density at radius 1 is 0.464 bits per heavy atom. The van der Waals surface area contributed by atoms with E-state index in [4.69, 9.17) is 0 Å². The molecule has 4 aromatic carbocycles. The van der Waals surface area contributed by atoms with Crippen LogP contribution < -0.4 is 0 Å². The fraction of sp³-hybridized carbons (Fsp3) is 0.0769. The van der Waals surface area contributed by atoms with Crippen molar-refractivity contribution in [1.29, 1.82) is 0 Å². The zero-order valence-electron chi connectivity index (χ0n) is 16.2. The third-order valence-electron chi connectivity index (χ3n) is 4.66. The maximum atomic E-state index is 2.30. The molecule has 0 saturated carbocycles. The minimum absolute atomic E-state index is 0.544. The van der Waals surface area contributed by atoms with Gasteiger partial charge in [-0.05, 0) is 89.2 Å². The van der Waals surface area contributed by atoms with Gasteiger partial charge in [-0.15, -0.1) is 0 Å². The summed E-state index contributed by atoms with van der Waals surface area (Å²) in [5.74, 6) is 0. The highest BCUT2D eigenvalue weighted by Crippen LogP contribution is 2.51. The Morgan fingerprint density at radius 3 is 1.39 bits per heavy atom. The molecular weight excluding hydrogens is 376 g/mol. The molecule has 28 heavy (non-hydrogen) atoms. The maximum absolute atomic E-state index is 2.30. The summed E-state index contributed by atoms with van der Waals surface area (Å²) in [5.41, 5.74) is 2.60. The van der Waals surface area contributed by atoms with E-state index in [1.807, 2.05) is 11.8 Å². The van der Waals surface area contributed by atoms with E-state index in [0.717, 1.165) is 0 Å². The standard InChI is InChI=1S/C26H24S2/c1-20-8-12-22(13-9-20)27-23-14-18-26(19-15-23)28(24-6-4-3-5-7-24)25-16-10-21(2)11-17-25/h3-19,28H,1-2H3. The summed E-state index contributed by atoms with van der Waals surface area (Å²) in [6.07, 6.45) is 0. The molecule has 0 nitrogen and oxygen atoms in total. The highest BCUT2D eigenvalue weighted by Gasteiger charge is 2.12. The van der Waals surface area contributed by atoms with Crippen LogP contribution in [-0.2, 0) is 0 Å². The van der Waals surface area contributed by atoms with Crippen molar-refractivity contribution in [1.82, 2.24) is 0 Å². The van der Waals surface area contributed by atoms with E-state index in [1.54, 1.807) is 0 Å². The molecule has 0 bridgehead atoms. The fourth-order valence-corrected chi connectivity index (χ4v) is 6.20. The molecule has 0 heterocycles. The van der Waals surface area contributed by atoms with Crippen LogP contribution in [0.3, 0.4) is 0 Å². The molecule has 1 unspecified atom stereocenters. The average Bonchev–Trinajstić information content (AvgIpc) is 2.73. The van der Waals surface area contributed by atoms with Crippen molar-refractivity contribution in [2.24, 2.45) is 0 Å². The highest BCUT2D eigenvalue weighted by molar-refractivity contribution is 8.17. The van der Waals surface area contributed by atoms with Gasteiger partial charge in [0, 0.05) is 9.79 Å². The van der Waals surface area contributed by atoms with Gasteiger partial charge in [-0.1, -0.05) is 65.4 Å². The average molecular weight is 401 g/mol. The zero-order chi connectivity index (χ0) is 19.3. The number of rotatable bonds is 5. The molecule has 2 heteroatoms. The van der Waals surface area contributed by atoms with Gasteiger partial charge in [-0.25, -0.2) is 0 Å². The Balaban J connectivity index is 1.65. The zero-order valence-corrected chi connectivity index (χ0v) is 17.9. The number of thiol groups is 1. The molecular formula is C26H24S2. The smallest absolute Gasteiger partial charge is 0.0123 e. The molecule has 0 aliphatic carbocycles. The molecule has 0 N–H and O–H groups in total. The summed E-state index contributed by atoms with van der Waals surface area (Å²) in [7, 11) is -0.544. The predicted octanol–water partition coefficient (Wildman–Crippen LogP) is 7.93. The third-order valence-corrected chi connectivity index (χ3v) is 8.12. The summed E-state index contributed by atoms with van der Waals surface area (Å²) in [4.78, 5) is 6.73. The van der Waals surface area contributed by atoms with Crippen LogP contribution in [0.15, 0.2) is 128 Å². The molecule has 140 valence electrons. The lowest BCUT2D eigenvalue weighted by Gasteiger charge is -2.23. The lowest BCUT2D eigenvalue weighted by atomic mass is 10.2. The first kappa shape index (κ1) is 18.9. The fourth-order valence-electron chi connectivity index (χ4n) is 3.12. The minimum Gasteiger partial charge on any atom is -0.173 e. The van der Waals surface area contributed by atoms with E-state index in [0.29, 0.717) is 0 Å². The molecule has 0 fully saturated rings. The van der Waals surface area contributed by atoms with Gasteiger partial charge in [-0.3, -0.25) is 0 Å². The third kappa shape index (κ3) is 4.52. The molecule has 1 atom stereocenters. The minimum atomic E-state index is -0.544. The van der Waals surface area contributed by atoms with Crippen molar-refractivity contribution in [2.45, 2.75) is 38.3 Å². The Labute approximate surface area is 175 Å². The van der Waals surface area contributed by atoms with Gasteiger partial charge in [0.05, 0.1) is 0 Å². The normalized spacial score (nSPS) is 12.6. The Bertz CT molecular complexity index is 1020. The summed E-state index contributed by atoms with van der Waals surface area (Å²) >= 11 is 1.82. The van der Waals surface area contributed by atoms with Crippen molar-refractivity contribution in [2.75, 3.05) is 0 Å². The highest BCUT2D eigenvalue weighted by atomic mass is 32.2. The van der Waals surface area contributed by atoms with E-state index >= 15 is 0 Å². The van der Waals surface area contributed by atoms with E-state index in [1.165, 1.54) is 35.6 Å². The molecule has 4 aromatic rings. The first-order valence-corrected chi connectivity index (χ1v) is 11.6. The summed E-state index contributed by atoms with van der Waals surface area (Å²) in [6, 6.07) is 37.7. The molecule has 4 rings (SSSR count). The molecule has 0 spiro atoms. The quantitative estimate of drug-likeness (QED) is 0.332. The van der Waals surface area contributed by atoms with Gasteiger partial charge < -0.3 is 0 Å². The molecule has 0 aliphatic heterocycles. The van der Waals surface area contributed by atoms with E-state index in [-0.39, 0.29) is 0 Å². The van der Waals surface area contributed by atoms with Gasteiger partial charge in [0.25, 0.3) is 0 Å². The van der Waals surface area contributed by atoms with Crippen molar-refractivity contribution < 1.29 is 0 Å². The Morgan fingerprint density at radius 2 is 0.857 bits per heavy atom. The molecule has 0 radical (unpaired) electrons. The predicted molar refractivity (Wildman–Crippen MR) is 123 cm³/mol. The van der Waals surface area contributed by atoms with Crippen molar-refractivity contribution in [3.8, 4) is 0 Å². The number of benzene rings is 4. The lowest BCUT2D eigenvalue weighted by molar-refractivity contribution is 1.28. The van der Waals surface area contributed by atoms with Crippen LogP contribution in [0.5, 0.6) is 0 Å². The van der Waals surface area contributed by atoms with Crippen LogP contribution in [0.4, 0.5) is 0 Å². The van der Waals surface area contributed by atoms with Gasteiger partial charge >= 0.3 is 0 Å². The van der Waals surface area contributed by atoms with E-state index < -0.39 is 10.9 Å².